The molecule has 4 amide bonds. The second-order valence-electron chi connectivity index (χ2n) is 10.0. The molecule has 10 heteroatoms. The van der Waals surface area contributed by atoms with Crippen molar-refractivity contribution >= 4 is 35.3 Å². The molecule has 3 fully saturated rings. The van der Waals surface area contributed by atoms with Crippen molar-refractivity contribution in [2.45, 2.75) is 49.2 Å². The molecule has 4 N–H and O–H groups in total. The predicted octanol–water partition coefficient (Wildman–Crippen LogP) is 2.88. The Morgan fingerprint density at radius 3 is 2.71 bits per heavy atom. The lowest BCUT2D eigenvalue weighted by molar-refractivity contribution is -0.119. The van der Waals surface area contributed by atoms with Gasteiger partial charge in [-0.2, -0.15) is 0 Å². The van der Waals surface area contributed by atoms with Crippen molar-refractivity contribution in [3.63, 3.8) is 0 Å². The van der Waals surface area contributed by atoms with Crippen LogP contribution in [0.15, 0.2) is 72.0 Å². The second-order valence-corrected chi connectivity index (χ2v) is 11.2. The number of benzene rings is 1. The normalized spacial score (nSPS) is 27.9. The highest BCUT2D eigenvalue weighted by atomic mass is 32.2. The van der Waals surface area contributed by atoms with Gasteiger partial charge in [-0.25, -0.2) is 4.79 Å². The number of hydrogen-bond acceptors (Lipinski definition) is 6. The number of hydrogen-bond donors (Lipinski definition) is 4. The van der Waals surface area contributed by atoms with E-state index in [0.29, 0.717) is 10.6 Å². The Bertz CT molecular complexity index is 1310. The summed E-state index contributed by atoms with van der Waals surface area (Å²) in [5.74, 6) is -0.468. The third-order valence-corrected chi connectivity index (χ3v) is 9.17. The van der Waals surface area contributed by atoms with Gasteiger partial charge >= 0.3 is 6.03 Å². The van der Waals surface area contributed by atoms with Gasteiger partial charge in [0.05, 0.1) is 16.3 Å². The first-order chi connectivity index (χ1) is 18.5. The first kappa shape index (κ1) is 24.7. The molecular formula is C28H30N6O3S. The van der Waals surface area contributed by atoms with E-state index >= 15 is 0 Å². The summed E-state index contributed by atoms with van der Waals surface area (Å²) in [4.78, 5) is 45.5. The monoisotopic (exact) mass is 530 g/mol. The largest absolute Gasteiger partial charge is 0.348 e. The van der Waals surface area contributed by atoms with Crippen molar-refractivity contribution in [1.29, 1.82) is 0 Å². The van der Waals surface area contributed by atoms with Gasteiger partial charge < -0.3 is 21.3 Å². The van der Waals surface area contributed by atoms with Crippen LogP contribution in [0.3, 0.4) is 0 Å². The SMILES string of the molecule is C=CC(=O)N[C@@H]1CCC[C@H]1NC(=O)C1=C2NC(=O)N(c3cccc(-c4cccnc4)c3)C3CCNC(S1)C23. The van der Waals surface area contributed by atoms with Gasteiger partial charge in [-0.3, -0.25) is 19.5 Å². The van der Waals surface area contributed by atoms with E-state index in [4.69, 9.17) is 0 Å². The molecule has 196 valence electrons. The number of amides is 4. The lowest BCUT2D eigenvalue weighted by atomic mass is 9.86. The standard InChI is InChI=1S/C28H30N6O3S/c1-2-22(35)31-19-9-4-10-20(19)32-26(36)25-24-23-21(11-13-30-27(23)38-25)34(28(37)33-24)18-8-3-6-16(14-18)17-7-5-12-29-15-17/h2-3,5-8,12,14-15,19-21,23,27,30H,1,4,9-11,13H2,(H,31,35)(H,32,36)(H,33,37)/t19-,20-,21?,23?,27?/m1/s1. The number of pyridine rings is 1. The minimum atomic E-state index is -0.237. The molecule has 1 aromatic carbocycles. The van der Waals surface area contributed by atoms with Gasteiger partial charge in [-0.05, 0) is 62.1 Å². The Kier molecular flexibility index (Phi) is 6.67. The number of piperidine rings is 1. The lowest BCUT2D eigenvalue weighted by Gasteiger charge is -2.45. The Morgan fingerprint density at radius 2 is 1.92 bits per heavy atom. The van der Waals surface area contributed by atoms with E-state index in [1.165, 1.54) is 17.8 Å². The van der Waals surface area contributed by atoms with Crippen LogP contribution in [0.2, 0.25) is 0 Å². The van der Waals surface area contributed by atoms with Gasteiger partial charge in [0.25, 0.3) is 5.91 Å². The fraction of sp³-hybridized carbons (Fsp3) is 0.357. The van der Waals surface area contributed by atoms with Crippen LogP contribution in [0.5, 0.6) is 0 Å². The van der Waals surface area contributed by atoms with Crippen LogP contribution in [0, 0.1) is 5.92 Å². The van der Waals surface area contributed by atoms with Crippen LogP contribution >= 0.6 is 11.8 Å². The molecule has 9 nitrogen and oxygen atoms in total. The van der Waals surface area contributed by atoms with Crippen LogP contribution < -0.4 is 26.2 Å². The van der Waals surface area contributed by atoms with E-state index in [1.807, 2.05) is 47.5 Å². The van der Waals surface area contributed by atoms with Gasteiger partial charge in [0.1, 0.15) is 0 Å². The highest BCUT2D eigenvalue weighted by Gasteiger charge is 2.52. The molecule has 38 heavy (non-hydrogen) atoms. The van der Waals surface area contributed by atoms with Gasteiger partial charge in [0, 0.05) is 47.3 Å². The molecule has 0 bridgehead atoms. The van der Waals surface area contributed by atoms with Crippen LogP contribution in [0.25, 0.3) is 11.1 Å². The van der Waals surface area contributed by atoms with E-state index in [9.17, 15) is 14.4 Å². The van der Waals surface area contributed by atoms with Gasteiger partial charge in [-0.15, -0.1) is 0 Å². The van der Waals surface area contributed by atoms with Crippen LogP contribution in [0.1, 0.15) is 25.7 Å². The molecule has 5 atom stereocenters. The van der Waals surface area contributed by atoms with Crippen molar-refractivity contribution in [2.24, 2.45) is 5.92 Å². The second kappa shape index (κ2) is 10.3. The first-order valence-electron chi connectivity index (χ1n) is 13.0. The smallest absolute Gasteiger partial charge is 0.326 e. The fourth-order valence-electron chi connectivity index (χ4n) is 6.07. The molecule has 1 aliphatic carbocycles. The zero-order chi connectivity index (χ0) is 26.2. The predicted molar refractivity (Wildman–Crippen MR) is 147 cm³/mol. The van der Waals surface area contributed by atoms with E-state index in [0.717, 1.165) is 49.0 Å². The topological polar surface area (TPSA) is 115 Å². The molecule has 3 unspecified atom stereocenters. The van der Waals surface area contributed by atoms with Crippen LogP contribution in [-0.2, 0) is 9.59 Å². The number of thioether (sulfide) groups is 1. The maximum atomic E-state index is 13.6. The van der Waals surface area contributed by atoms with Gasteiger partial charge in [-0.1, -0.05) is 36.5 Å². The molecular weight excluding hydrogens is 500 g/mol. The van der Waals surface area contributed by atoms with Crippen molar-refractivity contribution in [1.82, 2.24) is 26.3 Å². The molecule has 0 radical (unpaired) electrons. The molecule has 4 aliphatic rings. The van der Waals surface area contributed by atoms with Gasteiger partial charge in [0.2, 0.25) is 5.91 Å². The summed E-state index contributed by atoms with van der Waals surface area (Å²) in [6.45, 7) is 4.27. The van der Waals surface area contributed by atoms with Crippen molar-refractivity contribution in [3.05, 3.63) is 72.0 Å². The van der Waals surface area contributed by atoms with Gasteiger partial charge in [0.15, 0.2) is 0 Å². The summed E-state index contributed by atoms with van der Waals surface area (Å²) in [5, 5.41) is 12.7. The maximum absolute atomic E-state index is 13.6. The molecule has 1 aromatic heterocycles. The van der Waals surface area contributed by atoms with Crippen LogP contribution in [0.4, 0.5) is 10.5 Å². The molecule has 3 aliphatic heterocycles. The first-order valence-corrected chi connectivity index (χ1v) is 13.9. The van der Waals surface area contributed by atoms with Crippen molar-refractivity contribution < 1.29 is 14.4 Å². The quantitative estimate of drug-likeness (QED) is 0.427. The molecule has 0 spiro atoms. The Balaban J connectivity index is 1.26. The highest BCUT2D eigenvalue weighted by Crippen LogP contribution is 2.48. The van der Waals surface area contributed by atoms with E-state index in [-0.39, 0.29) is 47.3 Å². The lowest BCUT2D eigenvalue weighted by Crippen LogP contribution is -2.62. The number of aromatic nitrogens is 1. The minimum absolute atomic E-state index is 0.00560. The average Bonchev–Trinajstić information content (AvgIpc) is 3.54. The minimum Gasteiger partial charge on any atom is -0.348 e. The third kappa shape index (κ3) is 4.48. The van der Waals surface area contributed by atoms with E-state index in [1.54, 1.807) is 6.20 Å². The van der Waals surface area contributed by atoms with E-state index < -0.39 is 0 Å². The number of anilines is 1. The maximum Gasteiger partial charge on any atom is 0.326 e. The number of nitrogens with one attached hydrogen (secondary N) is 4. The molecule has 2 aromatic rings. The summed E-state index contributed by atoms with van der Waals surface area (Å²) in [7, 11) is 0. The summed E-state index contributed by atoms with van der Waals surface area (Å²) >= 11 is 1.48. The number of carbonyl (C=O) groups excluding carboxylic acids is 3. The van der Waals surface area contributed by atoms with Crippen molar-refractivity contribution in [3.8, 4) is 11.1 Å². The van der Waals surface area contributed by atoms with Crippen LogP contribution in [-0.4, -0.2) is 52.9 Å². The molecule has 6 rings (SSSR count). The fourth-order valence-corrected chi connectivity index (χ4v) is 7.47. The van der Waals surface area contributed by atoms with E-state index in [2.05, 4.69) is 32.8 Å². The number of carbonyl (C=O) groups is 3. The summed E-state index contributed by atoms with van der Waals surface area (Å²) in [6.07, 6.45) is 8.11. The molecule has 2 saturated heterocycles. The summed E-state index contributed by atoms with van der Waals surface area (Å²) in [5.41, 5.74) is 3.50. The number of rotatable bonds is 6. The molecule has 4 heterocycles. The number of urea groups is 1. The average molecular weight is 531 g/mol. The zero-order valence-electron chi connectivity index (χ0n) is 20.9. The Morgan fingerprint density at radius 1 is 1.11 bits per heavy atom. The zero-order valence-corrected chi connectivity index (χ0v) is 21.7. The summed E-state index contributed by atoms with van der Waals surface area (Å²) < 4.78 is 0. The Hall–Kier alpha value is -3.63. The van der Waals surface area contributed by atoms with Crippen molar-refractivity contribution in [2.75, 3.05) is 11.4 Å². The summed E-state index contributed by atoms with van der Waals surface area (Å²) in [6, 6.07) is 11.3. The number of nitrogens with zero attached hydrogens (tertiary/aromatic N) is 2. The highest BCUT2D eigenvalue weighted by molar-refractivity contribution is 8.04. The Labute approximate surface area is 225 Å². The third-order valence-electron chi connectivity index (χ3n) is 7.81. The molecule has 1 saturated carbocycles.